The van der Waals surface area contributed by atoms with E-state index in [1.165, 1.54) is 17.0 Å². The van der Waals surface area contributed by atoms with Crippen LogP contribution in [0.4, 0.5) is 0 Å². The Labute approximate surface area is 171 Å². The number of aromatic nitrogens is 2. The summed E-state index contributed by atoms with van der Waals surface area (Å²) in [6.45, 7) is 10.8. The van der Waals surface area contributed by atoms with E-state index in [1.807, 2.05) is 27.7 Å². The minimum atomic E-state index is -0.331. The molecule has 0 aliphatic carbocycles. The highest BCUT2D eigenvalue weighted by Gasteiger charge is 2.41. The van der Waals surface area contributed by atoms with Gasteiger partial charge in [-0.3, -0.25) is 9.69 Å². The highest BCUT2D eigenvalue weighted by atomic mass is 32.1. The normalized spacial score (nSPS) is 27.0. The molecule has 2 aromatic heterocycles. The molecule has 3 fully saturated rings. The van der Waals surface area contributed by atoms with Crippen LogP contribution < -0.4 is 5.32 Å². The number of nitrogens with zero attached hydrogens (tertiary/aromatic N) is 3. The second kappa shape index (κ2) is 7.56. The van der Waals surface area contributed by atoms with Crippen molar-refractivity contribution in [3.05, 3.63) is 35.1 Å². The Bertz CT molecular complexity index is 843. The van der Waals surface area contributed by atoms with Crippen molar-refractivity contribution >= 4 is 17.2 Å². The molecule has 5 heterocycles. The molecular weight excluding hydrogens is 368 g/mol. The van der Waals surface area contributed by atoms with E-state index in [-0.39, 0.29) is 11.3 Å². The standard InChI is InChI=1S/C22H30N4OS/c1-14-24-18(11-19(25-14)20-6-5-9-28-20)17-13-26-8-7-15(17)10-16(26)12-23-21(27)22(2,3)4/h5-6,9,11,15-17H,7-8,10,12-13H2,1-4H3,(H,23,27)/t15-,16+,17-/m0/s1. The zero-order valence-electron chi connectivity index (χ0n) is 17.2. The molecule has 150 valence electrons. The smallest absolute Gasteiger partial charge is 0.225 e. The minimum Gasteiger partial charge on any atom is -0.354 e. The van der Waals surface area contributed by atoms with Gasteiger partial charge in [0.1, 0.15) is 5.82 Å². The third kappa shape index (κ3) is 3.98. The van der Waals surface area contributed by atoms with Gasteiger partial charge in [-0.15, -0.1) is 11.3 Å². The van der Waals surface area contributed by atoms with Crippen LogP contribution in [-0.2, 0) is 4.79 Å². The molecule has 2 aromatic rings. The van der Waals surface area contributed by atoms with Crippen LogP contribution in [0.15, 0.2) is 23.6 Å². The molecule has 2 bridgehead atoms. The van der Waals surface area contributed by atoms with Crippen molar-refractivity contribution in [1.29, 1.82) is 0 Å². The van der Waals surface area contributed by atoms with Gasteiger partial charge in [0.05, 0.1) is 10.6 Å². The predicted octanol–water partition coefficient (Wildman–Crippen LogP) is 3.85. The van der Waals surface area contributed by atoms with Gasteiger partial charge in [-0.2, -0.15) is 0 Å². The number of aryl methyl sites for hydroxylation is 1. The number of fused-ring (bicyclic) bond motifs is 3. The molecule has 0 saturated carbocycles. The van der Waals surface area contributed by atoms with Gasteiger partial charge < -0.3 is 5.32 Å². The third-order valence-electron chi connectivity index (χ3n) is 6.07. The van der Waals surface area contributed by atoms with Crippen molar-refractivity contribution in [1.82, 2.24) is 20.2 Å². The van der Waals surface area contributed by atoms with E-state index in [9.17, 15) is 4.79 Å². The van der Waals surface area contributed by atoms with Gasteiger partial charge in [0.25, 0.3) is 0 Å². The molecule has 5 nitrogen and oxygen atoms in total. The van der Waals surface area contributed by atoms with E-state index < -0.39 is 0 Å². The van der Waals surface area contributed by atoms with Gasteiger partial charge in [0, 0.05) is 36.2 Å². The number of amides is 1. The number of rotatable bonds is 4. The minimum absolute atomic E-state index is 0.138. The molecule has 1 N–H and O–H groups in total. The molecule has 0 spiro atoms. The molecular formula is C22H30N4OS. The Morgan fingerprint density at radius 1 is 1.36 bits per heavy atom. The average Bonchev–Trinajstić information content (AvgIpc) is 3.20. The summed E-state index contributed by atoms with van der Waals surface area (Å²) in [5.74, 6) is 2.08. The monoisotopic (exact) mass is 398 g/mol. The Morgan fingerprint density at radius 2 is 2.18 bits per heavy atom. The van der Waals surface area contributed by atoms with Gasteiger partial charge in [0.15, 0.2) is 0 Å². The first kappa shape index (κ1) is 19.5. The van der Waals surface area contributed by atoms with E-state index >= 15 is 0 Å². The fraction of sp³-hybridized carbons (Fsp3) is 0.591. The quantitative estimate of drug-likeness (QED) is 0.850. The number of thiophene rings is 1. The molecule has 6 heteroatoms. The third-order valence-corrected chi connectivity index (χ3v) is 6.96. The molecule has 1 unspecified atom stereocenters. The molecule has 3 aliphatic heterocycles. The van der Waals surface area contributed by atoms with Crippen LogP contribution in [0.2, 0.25) is 0 Å². The SMILES string of the molecule is Cc1nc(-c2cccs2)cc([C@H]2CN3CC[C@H]2C[C@@H]3CNC(=O)C(C)(C)C)n1. The molecule has 0 aromatic carbocycles. The van der Waals surface area contributed by atoms with Crippen molar-refractivity contribution in [3.63, 3.8) is 0 Å². The van der Waals surface area contributed by atoms with Crippen LogP contribution in [0.5, 0.6) is 0 Å². The van der Waals surface area contributed by atoms with Gasteiger partial charge in [-0.25, -0.2) is 9.97 Å². The highest BCUT2D eigenvalue weighted by molar-refractivity contribution is 7.13. The lowest BCUT2D eigenvalue weighted by atomic mass is 9.74. The highest BCUT2D eigenvalue weighted by Crippen LogP contribution is 2.42. The lowest BCUT2D eigenvalue weighted by Crippen LogP contribution is -2.56. The largest absolute Gasteiger partial charge is 0.354 e. The topological polar surface area (TPSA) is 58.1 Å². The summed E-state index contributed by atoms with van der Waals surface area (Å²) in [7, 11) is 0. The second-order valence-electron chi connectivity index (χ2n) is 9.20. The first-order chi connectivity index (χ1) is 13.3. The van der Waals surface area contributed by atoms with E-state index in [0.717, 1.165) is 37.6 Å². The number of piperidine rings is 3. The molecule has 28 heavy (non-hydrogen) atoms. The lowest BCUT2D eigenvalue weighted by Gasteiger charge is -2.50. The van der Waals surface area contributed by atoms with Gasteiger partial charge >= 0.3 is 0 Å². The molecule has 3 aliphatic rings. The summed E-state index contributed by atoms with van der Waals surface area (Å²) in [5.41, 5.74) is 1.90. The molecule has 5 rings (SSSR count). The maximum Gasteiger partial charge on any atom is 0.225 e. The number of hydrogen-bond acceptors (Lipinski definition) is 5. The summed E-state index contributed by atoms with van der Waals surface area (Å²) in [6, 6.07) is 6.84. The van der Waals surface area contributed by atoms with E-state index in [2.05, 4.69) is 38.8 Å². The van der Waals surface area contributed by atoms with Crippen LogP contribution in [0.25, 0.3) is 10.6 Å². The molecule has 4 atom stereocenters. The first-order valence-corrected chi connectivity index (χ1v) is 11.1. The number of nitrogens with one attached hydrogen (secondary N) is 1. The molecule has 3 saturated heterocycles. The lowest BCUT2D eigenvalue weighted by molar-refractivity contribution is -0.129. The Kier molecular flexibility index (Phi) is 5.27. The number of carbonyl (C=O) groups excluding carboxylic acids is 1. The van der Waals surface area contributed by atoms with E-state index in [4.69, 9.17) is 4.98 Å². The summed E-state index contributed by atoms with van der Waals surface area (Å²) in [6.07, 6.45) is 2.35. The van der Waals surface area contributed by atoms with Crippen molar-refractivity contribution in [3.8, 4) is 10.6 Å². The fourth-order valence-corrected chi connectivity index (χ4v) is 5.18. The molecule has 1 amide bonds. The number of hydrogen-bond donors (Lipinski definition) is 1. The maximum absolute atomic E-state index is 12.2. The summed E-state index contributed by atoms with van der Waals surface area (Å²) in [4.78, 5) is 25.5. The summed E-state index contributed by atoms with van der Waals surface area (Å²) >= 11 is 1.73. The van der Waals surface area contributed by atoms with Gasteiger partial charge in [-0.05, 0) is 49.7 Å². The van der Waals surface area contributed by atoms with Gasteiger partial charge in [-0.1, -0.05) is 26.8 Å². The van der Waals surface area contributed by atoms with Gasteiger partial charge in [0.2, 0.25) is 5.91 Å². The van der Waals surface area contributed by atoms with Crippen LogP contribution in [0, 0.1) is 18.3 Å². The van der Waals surface area contributed by atoms with Crippen LogP contribution in [0.3, 0.4) is 0 Å². The van der Waals surface area contributed by atoms with Crippen LogP contribution >= 0.6 is 11.3 Å². The first-order valence-electron chi connectivity index (χ1n) is 10.2. The zero-order chi connectivity index (χ0) is 19.9. The molecule has 0 radical (unpaired) electrons. The van der Waals surface area contributed by atoms with E-state index in [0.29, 0.717) is 17.9 Å². The Balaban J connectivity index is 1.47. The number of carbonyl (C=O) groups is 1. The fourth-order valence-electron chi connectivity index (χ4n) is 4.49. The average molecular weight is 399 g/mol. The second-order valence-corrected chi connectivity index (χ2v) is 10.1. The van der Waals surface area contributed by atoms with E-state index in [1.54, 1.807) is 11.3 Å². The Morgan fingerprint density at radius 3 is 2.82 bits per heavy atom. The van der Waals surface area contributed by atoms with Crippen molar-refractivity contribution in [2.75, 3.05) is 19.6 Å². The van der Waals surface area contributed by atoms with Crippen molar-refractivity contribution < 1.29 is 4.79 Å². The van der Waals surface area contributed by atoms with Crippen LogP contribution in [0.1, 0.15) is 51.0 Å². The Hall–Kier alpha value is -1.79. The summed E-state index contributed by atoms with van der Waals surface area (Å²) < 4.78 is 0. The van der Waals surface area contributed by atoms with Crippen molar-refractivity contribution in [2.45, 2.75) is 52.5 Å². The van der Waals surface area contributed by atoms with Crippen LogP contribution in [-0.4, -0.2) is 46.5 Å². The summed E-state index contributed by atoms with van der Waals surface area (Å²) in [5, 5.41) is 5.26. The van der Waals surface area contributed by atoms with Crippen molar-refractivity contribution in [2.24, 2.45) is 11.3 Å². The zero-order valence-corrected chi connectivity index (χ0v) is 18.1. The maximum atomic E-state index is 12.2. The predicted molar refractivity (Wildman–Crippen MR) is 113 cm³/mol.